The number of nitrogens with one attached hydrogen (secondary N) is 1. The molecule has 0 amide bonds. The third-order valence-corrected chi connectivity index (χ3v) is 2.33. The summed E-state index contributed by atoms with van der Waals surface area (Å²) in [6.07, 6.45) is 2.65. The fourth-order valence-electron chi connectivity index (χ4n) is 1.45. The van der Waals surface area contributed by atoms with Crippen LogP contribution in [-0.2, 0) is 13.1 Å². The van der Waals surface area contributed by atoms with E-state index in [-0.39, 0.29) is 0 Å². The van der Waals surface area contributed by atoms with Gasteiger partial charge in [-0.15, -0.1) is 0 Å². The smallest absolute Gasteiger partial charge is 0.118 e. The van der Waals surface area contributed by atoms with Gasteiger partial charge < -0.3 is 14.6 Å². The fourth-order valence-corrected chi connectivity index (χ4v) is 1.45. The van der Waals surface area contributed by atoms with Crippen LogP contribution in [-0.4, -0.2) is 25.0 Å². The zero-order valence-corrected chi connectivity index (χ0v) is 8.92. The molecule has 2 rings (SSSR count). The highest BCUT2D eigenvalue weighted by molar-refractivity contribution is 5.07. The molecule has 0 aromatic carbocycles. The molecule has 78 valence electrons. The van der Waals surface area contributed by atoms with E-state index in [1.165, 1.54) is 12.8 Å². The van der Waals surface area contributed by atoms with E-state index in [2.05, 4.69) is 22.3 Å². The van der Waals surface area contributed by atoms with Crippen LogP contribution in [0.25, 0.3) is 0 Å². The van der Waals surface area contributed by atoms with E-state index in [0.717, 1.165) is 30.7 Å². The van der Waals surface area contributed by atoms with Gasteiger partial charge in [-0.1, -0.05) is 0 Å². The number of hydrogen-bond acceptors (Lipinski definition) is 3. The summed E-state index contributed by atoms with van der Waals surface area (Å²) < 4.78 is 5.67. The van der Waals surface area contributed by atoms with Crippen LogP contribution >= 0.6 is 0 Å². The summed E-state index contributed by atoms with van der Waals surface area (Å²) in [5.41, 5.74) is 0. The minimum Gasteiger partial charge on any atom is -0.463 e. The van der Waals surface area contributed by atoms with Crippen molar-refractivity contribution in [1.82, 2.24) is 10.2 Å². The molecule has 0 atom stereocenters. The van der Waals surface area contributed by atoms with Crippen molar-refractivity contribution in [3.05, 3.63) is 23.7 Å². The summed E-state index contributed by atoms with van der Waals surface area (Å²) >= 11 is 0. The highest BCUT2D eigenvalue weighted by atomic mass is 16.3. The van der Waals surface area contributed by atoms with Gasteiger partial charge in [0.2, 0.25) is 0 Å². The molecule has 3 nitrogen and oxygen atoms in total. The predicted molar refractivity (Wildman–Crippen MR) is 56.0 cm³/mol. The molecule has 1 aromatic rings. The molecule has 1 aliphatic carbocycles. The van der Waals surface area contributed by atoms with Crippen molar-refractivity contribution in [3.8, 4) is 0 Å². The first-order valence-electron chi connectivity index (χ1n) is 5.20. The molecule has 3 heteroatoms. The van der Waals surface area contributed by atoms with E-state index in [4.69, 9.17) is 4.42 Å². The number of rotatable bonds is 5. The Labute approximate surface area is 85.1 Å². The van der Waals surface area contributed by atoms with Crippen molar-refractivity contribution in [2.45, 2.75) is 32.0 Å². The SMILES string of the molecule is CN(C)Cc1ccc(CNC2CC2)o1. The summed E-state index contributed by atoms with van der Waals surface area (Å²) in [6, 6.07) is 4.87. The predicted octanol–water partition coefficient (Wildman–Crippen LogP) is 1.59. The van der Waals surface area contributed by atoms with Gasteiger partial charge in [-0.2, -0.15) is 0 Å². The Kier molecular flexibility index (Phi) is 2.89. The van der Waals surface area contributed by atoms with Gasteiger partial charge in [0, 0.05) is 6.04 Å². The van der Waals surface area contributed by atoms with Crippen LogP contribution in [0, 0.1) is 0 Å². The summed E-state index contributed by atoms with van der Waals surface area (Å²) in [4.78, 5) is 2.11. The molecule has 0 saturated heterocycles. The molecule has 0 bridgehead atoms. The van der Waals surface area contributed by atoms with Gasteiger partial charge in [-0.3, -0.25) is 0 Å². The first kappa shape index (κ1) is 9.74. The maximum atomic E-state index is 5.67. The van der Waals surface area contributed by atoms with Gasteiger partial charge in [-0.25, -0.2) is 0 Å². The van der Waals surface area contributed by atoms with Gasteiger partial charge in [0.25, 0.3) is 0 Å². The maximum absolute atomic E-state index is 5.67. The van der Waals surface area contributed by atoms with Crippen molar-refractivity contribution in [3.63, 3.8) is 0 Å². The molecular formula is C11H18N2O. The van der Waals surface area contributed by atoms with E-state index in [1.54, 1.807) is 0 Å². The Morgan fingerprint density at radius 3 is 2.71 bits per heavy atom. The highest BCUT2D eigenvalue weighted by Crippen LogP contribution is 2.19. The van der Waals surface area contributed by atoms with Crippen molar-refractivity contribution in [1.29, 1.82) is 0 Å². The molecule has 1 aliphatic rings. The molecule has 1 saturated carbocycles. The third kappa shape index (κ3) is 2.86. The minimum atomic E-state index is 0.748. The third-order valence-electron chi connectivity index (χ3n) is 2.33. The maximum Gasteiger partial charge on any atom is 0.118 e. The lowest BCUT2D eigenvalue weighted by Crippen LogP contribution is -2.14. The van der Waals surface area contributed by atoms with E-state index >= 15 is 0 Å². The molecular weight excluding hydrogens is 176 g/mol. The Morgan fingerprint density at radius 1 is 1.36 bits per heavy atom. The van der Waals surface area contributed by atoms with Gasteiger partial charge >= 0.3 is 0 Å². The fraction of sp³-hybridized carbons (Fsp3) is 0.636. The lowest BCUT2D eigenvalue weighted by Gasteiger charge is -2.05. The molecule has 0 aliphatic heterocycles. The number of nitrogens with zero attached hydrogens (tertiary/aromatic N) is 1. The van der Waals surface area contributed by atoms with Crippen LogP contribution in [0.1, 0.15) is 24.4 Å². The van der Waals surface area contributed by atoms with Crippen LogP contribution in [0.3, 0.4) is 0 Å². The average molecular weight is 194 g/mol. The van der Waals surface area contributed by atoms with Crippen molar-refractivity contribution < 1.29 is 4.42 Å². The zero-order chi connectivity index (χ0) is 9.97. The van der Waals surface area contributed by atoms with E-state index in [0.29, 0.717) is 0 Å². The molecule has 14 heavy (non-hydrogen) atoms. The first-order chi connectivity index (χ1) is 6.74. The van der Waals surface area contributed by atoms with Crippen LogP contribution in [0.2, 0.25) is 0 Å². The van der Waals surface area contributed by atoms with Gasteiger partial charge in [0.15, 0.2) is 0 Å². The summed E-state index contributed by atoms with van der Waals surface area (Å²) in [6.45, 7) is 1.75. The lowest BCUT2D eigenvalue weighted by atomic mass is 10.4. The molecule has 1 fully saturated rings. The molecule has 1 heterocycles. The van der Waals surface area contributed by atoms with Crippen LogP contribution in [0.5, 0.6) is 0 Å². The Bertz CT molecular complexity index is 289. The van der Waals surface area contributed by atoms with Crippen molar-refractivity contribution in [2.75, 3.05) is 14.1 Å². The number of furan rings is 1. The van der Waals surface area contributed by atoms with E-state index in [1.807, 2.05) is 14.1 Å². The monoisotopic (exact) mass is 194 g/mol. The molecule has 1 aromatic heterocycles. The normalized spacial score (nSPS) is 16.5. The average Bonchev–Trinajstić information content (AvgIpc) is 2.84. The number of hydrogen-bond donors (Lipinski definition) is 1. The molecule has 0 radical (unpaired) electrons. The second-order valence-corrected chi connectivity index (χ2v) is 4.26. The van der Waals surface area contributed by atoms with Gasteiger partial charge in [0.1, 0.15) is 11.5 Å². The summed E-state index contributed by atoms with van der Waals surface area (Å²) in [5, 5.41) is 3.43. The van der Waals surface area contributed by atoms with Gasteiger partial charge in [-0.05, 0) is 39.1 Å². The van der Waals surface area contributed by atoms with E-state index < -0.39 is 0 Å². The standard InChI is InChI=1S/C11H18N2O/c1-13(2)8-11-6-5-10(14-11)7-12-9-3-4-9/h5-6,9,12H,3-4,7-8H2,1-2H3. The lowest BCUT2D eigenvalue weighted by molar-refractivity contribution is 0.338. The molecule has 0 spiro atoms. The first-order valence-corrected chi connectivity index (χ1v) is 5.20. The highest BCUT2D eigenvalue weighted by Gasteiger charge is 2.20. The topological polar surface area (TPSA) is 28.4 Å². The molecule has 0 unspecified atom stereocenters. The zero-order valence-electron chi connectivity index (χ0n) is 8.92. The minimum absolute atomic E-state index is 0.748. The van der Waals surface area contributed by atoms with E-state index in [9.17, 15) is 0 Å². The quantitative estimate of drug-likeness (QED) is 0.771. The van der Waals surface area contributed by atoms with Crippen LogP contribution in [0.4, 0.5) is 0 Å². The van der Waals surface area contributed by atoms with Crippen molar-refractivity contribution >= 4 is 0 Å². The summed E-state index contributed by atoms with van der Waals surface area (Å²) in [5.74, 6) is 2.09. The summed E-state index contributed by atoms with van der Waals surface area (Å²) in [7, 11) is 4.09. The Morgan fingerprint density at radius 2 is 2.07 bits per heavy atom. The van der Waals surface area contributed by atoms with Gasteiger partial charge in [0.05, 0.1) is 13.1 Å². The second-order valence-electron chi connectivity index (χ2n) is 4.26. The largest absolute Gasteiger partial charge is 0.463 e. The van der Waals surface area contributed by atoms with Crippen molar-refractivity contribution in [2.24, 2.45) is 0 Å². The van der Waals surface area contributed by atoms with Crippen LogP contribution in [0.15, 0.2) is 16.5 Å². The molecule has 1 N–H and O–H groups in total. The Balaban J connectivity index is 1.81. The second kappa shape index (κ2) is 4.15. The van der Waals surface area contributed by atoms with Crippen LogP contribution < -0.4 is 5.32 Å². The Hall–Kier alpha value is -0.800.